The van der Waals surface area contributed by atoms with Gasteiger partial charge in [0.05, 0.1) is 25.0 Å². The lowest BCUT2D eigenvalue weighted by Crippen LogP contribution is -2.62. The highest BCUT2D eigenvalue weighted by Crippen LogP contribution is 2.56. The van der Waals surface area contributed by atoms with Crippen LogP contribution in [0, 0.1) is 17.3 Å². The van der Waals surface area contributed by atoms with Gasteiger partial charge in [0.1, 0.15) is 11.3 Å². The van der Waals surface area contributed by atoms with Gasteiger partial charge in [-0.15, -0.1) is 0 Å². The number of rotatable bonds is 6. The molecule has 5 rings (SSSR count). The maximum atomic E-state index is 14.2. The Morgan fingerprint density at radius 2 is 1.68 bits per heavy atom. The number of ether oxygens (including phenoxy) is 2. The molecule has 0 aliphatic heterocycles. The smallest absolute Gasteiger partial charge is 0.420 e. The molecule has 10 heteroatoms. The average molecular weight is 572 g/mol. The molecule has 0 radical (unpaired) electrons. The first kappa shape index (κ1) is 29.0. The van der Waals surface area contributed by atoms with Crippen LogP contribution in [0.25, 0.3) is 10.8 Å². The minimum Gasteiger partial charge on any atom is -0.490 e. The molecule has 1 N–H and O–H groups in total. The van der Waals surface area contributed by atoms with Crippen LogP contribution in [-0.2, 0) is 22.3 Å². The summed E-state index contributed by atoms with van der Waals surface area (Å²) in [7, 11) is 1.42. The van der Waals surface area contributed by atoms with E-state index in [1.807, 2.05) is 0 Å². The molecule has 0 bridgehead atoms. The van der Waals surface area contributed by atoms with Crippen molar-refractivity contribution in [2.45, 2.75) is 95.3 Å². The Kier molecular flexibility index (Phi) is 8.03. The predicted molar refractivity (Wildman–Crippen MR) is 138 cm³/mol. The minimum atomic E-state index is -4.69. The number of hydrogen-bond acceptors (Lipinski definition) is 4. The third-order valence-corrected chi connectivity index (χ3v) is 9.44. The first-order chi connectivity index (χ1) is 18.9. The molecule has 0 saturated heterocycles. The van der Waals surface area contributed by atoms with Gasteiger partial charge in [0.15, 0.2) is 0 Å². The summed E-state index contributed by atoms with van der Waals surface area (Å²) in [5.41, 5.74) is -0.201. The van der Waals surface area contributed by atoms with Gasteiger partial charge in [-0.3, -0.25) is 4.79 Å². The van der Waals surface area contributed by atoms with E-state index in [0.717, 1.165) is 37.7 Å². The van der Waals surface area contributed by atoms with Gasteiger partial charge in [0.25, 0.3) is 0 Å². The van der Waals surface area contributed by atoms with E-state index in [0.29, 0.717) is 18.4 Å². The molecule has 0 amide bonds. The second-order valence-electron chi connectivity index (χ2n) is 11.7. The van der Waals surface area contributed by atoms with E-state index < -0.39 is 29.9 Å². The van der Waals surface area contributed by atoms with Gasteiger partial charge in [0, 0.05) is 12.6 Å². The number of carbonyl (C=O) groups is 1. The van der Waals surface area contributed by atoms with Gasteiger partial charge in [0.2, 0.25) is 0 Å². The van der Waals surface area contributed by atoms with Crippen LogP contribution in [0.3, 0.4) is 0 Å². The second kappa shape index (κ2) is 11.1. The Hall–Kier alpha value is -2.49. The van der Waals surface area contributed by atoms with Gasteiger partial charge in [-0.05, 0) is 78.8 Å². The van der Waals surface area contributed by atoms with Crippen molar-refractivity contribution < 1.29 is 40.6 Å². The summed E-state index contributed by atoms with van der Waals surface area (Å²) in [6, 6.07) is 7.82. The molecule has 2 atom stereocenters. The van der Waals surface area contributed by atoms with Crippen LogP contribution in [0.1, 0.15) is 75.3 Å². The van der Waals surface area contributed by atoms with Gasteiger partial charge < -0.3 is 14.8 Å². The van der Waals surface area contributed by atoms with Crippen LogP contribution >= 0.6 is 0 Å². The van der Waals surface area contributed by atoms with Crippen molar-refractivity contribution in [1.29, 1.82) is 0 Å². The molecule has 0 aromatic heterocycles. The molecular weight excluding hydrogens is 536 g/mol. The highest BCUT2D eigenvalue weighted by Gasteiger charge is 2.58. The van der Waals surface area contributed by atoms with Crippen molar-refractivity contribution in [1.82, 2.24) is 5.32 Å². The van der Waals surface area contributed by atoms with E-state index in [-0.39, 0.29) is 60.2 Å². The normalized spacial score (nSPS) is 26.9. The van der Waals surface area contributed by atoms with Crippen molar-refractivity contribution in [2.24, 2.45) is 17.3 Å². The molecule has 3 fully saturated rings. The topological polar surface area (TPSA) is 47.6 Å². The second-order valence-corrected chi connectivity index (χ2v) is 11.7. The highest BCUT2D eigenvalue weighted by atomic mass is 19.4. The van der Waals surface area contributed by atoms with Gasteiger partial charge in [-0.2, -0.15) is 26.3 Å². The number of nitrogens with one attached hydrogen (secondary N) is 1. The van der Waals surface area contributed by atoms with Crippen molar-refractivity contribution in [3.63, 3.8) is 0 Å². The summed E-state index contributed by atoms with van der Waals surface area (Å²) in [6.45, 7) is 0.457. The number of benzene rings is 2. The van der Waals surface area contributed by atoms with E-state index in [4.69, 9.17) is 9.47 Å². The molecule has 2 aromatic carbocycles. The lowest BCUT2D eigenvalue weighted by atomic mass is 9.50. The molecule has 3 aliphatic rings. The summed E-state index contributed by atoms with van der Waals surface area (Å²) in [6.07, 6.45) is -3.99. The van der Waals surface area contributed by atoms with Crippen LogP contribution < -0.4 is 10.1 Å². The van der Waals surface area contributed by atoms with Crippen molar-refractivity contribution in [2.75, 3.05) is 7.11 Å². The zero-order valence-corrected chi connectivity index (χ0v) is 22.5. The Bertz CT molecular complexity index is 1210. The molecule has 4 nitrogen and oxygen atoms in total. The Morgan fingerprint density at radius 1 is 0.975 bits per heavy atom. The standard InChI is InChI=1S/C30H35F6NO3/c1-39-27(38)23-16-25(28(23)13-3-2-4-14-28)37-17-18-5-11-22-19(15-18)6-12-24(26(22)30(34,35)36)40-21-9-7-20(8-10-21)29(31,32)33/h5-6,11-12,15,20-21,23,25,37H,2-4,7-10,13-14,16-17H2,1H3. The van der Waals surface area contributed by atoms with E-state index in [2.05, 4.69) is 5.32 Å². The fraction of sp³-hybridized carbons (Fsp3) is 0.633. The Morgan fingerprint density at radius 3 is 2.30 bits per heavy atom. The minimum absolute atomic E-state index is 0.00382. The van der Waals surface area contributed by atoms with Crippen molar-refractivity contribution >= 4 is 16.7 Å². The first-order valence-electron chi connectivity index (χ1n) is 14.1. The van der Waals surface area contributed by atoms with Crippen LogP contribution in [0.4, 0.5) is 26.3 Å². The Balaban J connectivity index is 1.31. The maximum Gasteiger partial charge on any atom is 0.420 e. The third-order valence-electron chi connectivity index (χ3n) is 9.44. The van der Waals surface area contributed by atoms with E-state index in [1.54, 1.807) is 18.2 Å². The molecule has 2 unspecified atom stereocenters. The summed E-state index contributed by atoms with van der Waals surface area (Å²) in [5.74, 6) is -2.07. The monoisotopic (exact) mass is 571 g/mol. The van der Waals surface area contributed by atoms with Gasteiger partial charge in [-0.1, -0.05) is 37.5 Å². The summed E-state index contributed by atoms with van der Waals surface area (Å²) in [4.78, 5) is 12.4. The SMILES string of the molecule is COC(=O)C1CC(NCc2ccc3c(C(F)(F)F)c(OC4CCC(C(F)(F)F)CC4)ccc3c2)C12CCCCC2. The molecule has 220 valence electrons. The number of halogens is 6. The van der Waals surface area contributed by atoms with Crippen LogP contribution in [-0.4, -0.2) is 31.4 Å². The molecule has 2 aromatic rings. The molecular formula is C30H35F6NO3. The highest BCUT2D eigenvalue weighted by molar-refractivity contribution is 5.89. The predicted octanol–water partition coefficient (Wildman–Crippen LogP) is 7.96. The zero-order valence-electron chi connectivity index (χ0n) is 22.5. The van der Waals surface area contributed by atoms with Gasteiger partial charge in [-0.25, -0.2) is 0 Å². The lowest BCUT2D eigenvalue weighted by molar-refractivity contribution is -0.185. The molecule has 3 aliphatic carbocycles. The van der Waals surface area contributed by atoms with E-state index in [1.165, 1.54) is 19.2 Å². The molecule has 0 heterocycles. The summed E-state index contributed by atoms with van der Waals surface area (Å²) in [5, 5.41) is 3.97. The van der Waals surface area contributed by atoms with Crippen LogP contribution in [0.2, 0.25) is 0 Å². The van der Waals surface area contributed by atoms with Crippen molar-refractivity contribution in [3.05, 3.63) is 41.5 Å². The van der Waals surface area contributed by atoms with E-state index >= 15 is 0 Å². The summed E-state index contributed by atoms with van der Waals surface area (Å²) < 4.78 is 92.3. The third kappa shape index (κ3) is 5.65. The summed E-state index contributed by atoms with van der Waals surface area (Å²) >= 11 is 0. The number of carbonyl (C=O) groups excluding carboxylic acids is 1. The average Bonchev–Trinajstić information content (AvgIpc) is 2.91. The number of hydrogen-bond donors (Lipinski definition) is 1. The molecule has 40 heavy (non-hydrogen) atoms. The number of fused-ring (bicyclic) bond motifs is 1. The first-order valence-corrected chi connectivity index (χ1v) is 14.1. The Labute approximate surface area is 229 Å². The number of esters is 1. The fourth-order valence-electron chi connectivity index (χ4n) is 7.24. The molecule has 1 spiro atoms. The lowest BCUT2D eigenvalue weighted by Gasteiger charge is -2.57. The largest absolute Gasteiger partial charge is 0.490 e. The van der Waals surface area contributed by atoms with Crippen molar-refractivity contribution in [3.8, 4) is 5.75 Å². The van der Waals surface area contributed by atoms with E-state index in [9.17, 15) is 31.1 Å². The van der Waals surface area contributed by atoms with Crippen LogP contribution in [0.5, 0.6) is 5.75 Å². The number of alkyl halides is 6. The zero-order chi connectivity index (χ0) is 28.7. The number of methoxy groups -OCH3 is 1. The van der Waals surface area contributed by atoms with Crippen LogP contribution in [0.15, 0.2) is 30.3 Å². The maximum absolute atomic E-state index is 14.2. The van der Waals surface area contributed by atoms with Gasteiger partial charge >= 0.3 is 18.3 Å². The fourth-order valence-corrected chi connectivity index (χ4v) is 7.24. The quantitative estimate of drug-likeness (QED) is 0.282. The molecule has 3 saturated carbocycles.